The Balaban J connectivity index is 0.00000300. The Kier molecular flexibility index (Phi) is 9.19. The van der Waals surface area contributed by atoms with Crippen LogP contribution in [0.3, 0.4) is 0 Å². The maximum atomic E-state index is 13.4. The van der Waals surface area contributed by atoms with Gasteiger partial charge in [-0.15, -0.1) is 24.0 Å². The summed E-state index contributed by atoms with van der Waals surface area (Å²) >= 11 is 0. The summed E-state index contributed by atoms with van der Waals surface area (Å²) in [6.07, 6.45) is 1.94. The van der Waals surface area contributed by atoms with E-state index < -0.39 is 0 Å². The second kappa shape index (κ2) is 11.6. The summed E-state index contributed by atoms with van der Waals surface area (Å²) in [6, 6.07) is 16.7. The summed E-state index contributed by atoms with van der Waals surface area (Å²) < 4.78 is 13.4. The molecule has 0 aliphatic carbocycles. The molecule has 1 aliphatic heterocycles. The fourth-order valence-electron chi connectivity index (χ4n) is 3.32. The van der Waals surface area contributed by atoms with Crippen LogP contribution in [0.2, 0.25) is 0 Å². The number of nitrogens with one attached hydrogen (secondary N) is 2. The topological polar surface area (TPSA) is 63.5 Å². The van der Waals surface area contributed by atoms with E-state index in [9.17, 15) is 4.39 Å². The molecule has 29 heavy (non-hydrogen) atoms. The minimum atomic E-state index is -0.192. The highest BCUT2D eigenvalue weighted by Gasteiger charge is 2.20. The van der Waals surface area contributed by atoms with Crippen molar-refractivity contribution in [3.63, 3.8) is 0 Å². The average molecular weight is 507 g/mol. The lowest BCUT2D eigenvalue weighted by atomic mass is 10.0. The van der Waals surface area contributed by atoms with Crippen LogP contribution in [0.25, 0.3) is 0 Å². The second-order valence-electron chi connectivity index (χ2n) is 6.89. The molecule has 1 heterocycles. The number of anilines is 1. The minimum absolute atomic E-state index is 0. The molecular weight excluding hydrogens is 480 g/mol. The Labute approximate surface area is 189 Å². The molecule has 0 bridgehead atoms. The van der Waals surface area contributed by atoms with E-state index in [-0.39, 0.29) is 29.8 Å². The monoisotopic (exact) mass is 507 g/mol. The van der Waals surface area contributed by atoms with Crippen molar-refractivity contribution in [2.24, 2.45) is 4.99 Å². The standard InChI is InChI=1S/C22H26FN5.HI/c1-2-25-22(26-16-18-8-6-17(15-24)7-9-18)27-20-10-12-28(13-11-20)21-5-3-4-19(23)14-21;/h3-9,14,20H,2,10-13,16H2,1H3,(H2,25,26,27);1H. The van der Waals surface area contributed by atoms with Crippen molar-refractivity contribution in [1.29, 1.82) is 5.26 Å². The number of halogens is 2. The van der Waals surface area contributed by atoms with Crippen LogP contribution in [-0.2, 0) is 6.54 Å². The fraction of sp³-hybridized carbons (Fsp3) is 0.364. The van der Waals surface area contributed by atoms with Gasteiger partial charge < -0.3 is 15.5 Å². The number of guanidine groups is 1. The summed E-state index contributed by atoms with van der Waals surface area (Å²) in [5.41, 5.74) is 2.67. The van der Waals surface area contributed by atoms with Crippen molar-refractivity contribution in [1.82, 2.24) is 10.6 Å². The second-order valence-corrected chi connectivity index (χ2v) is 6.89. The third-order valence-corrected chi connectivity index (χ3v) is 4.86. The quantitative estimate of drug-likeness (QED) is 0.365. The smallest absolute Gasteiger partial charge is 0.191 e. The summed E-state index contributed by atoms with van der Waals surface area (Å²) in [7, 11) is 0. The predicted molar refractivity (Wildman–Crippen MR) is 126 cm³/mol. The van der Waals surface area contributed by atoms with Crippen LogP contribution in [0, 0.1) is 17.1 Å². The van der Waals surface area contributed by atoms with Gasteiger partial charge >= 0.3 is 0 Å². The largest absolute Gasteiger partial charge is 0.371 e. The van der Waals surface area contributed by atoms with E-state index in [1.165, 1.54) is 6.07 Å². The van der Waals surface area contributed by atoms with Crippen molar-refractivity contribution < 1.29 is 4.39 Å². The fourth-order valence-corrected chi connectivity index (χ4v) is 3.32. The minimum Gasteiger partial charge on any atom is -0.371 e. The van der Waals surface area contributed by atoms with E-state index in [1.807, 2.05) is 37.3 Å². The SMILES string of the molecule is CCNC(=NCc1ccc(C#N)cc1)NC1CCN(c2cccc(F)c2)CC1.I. The molecule has 7 heteroatoms. The van der Waals surface area contributed by atoms with Crippen LogP contribution in [0.5, 0.6) is 0 Å². The van der Waals surface area contributed by atoms with Crippen LogP contribution < -0.4 is 15.5 Å². The highest BCUT2D eigenvalue weighted by Crippen LogP contribution is 2.20. The molecule has 0 amide bonds. The molecule has 1 saturated heterocycles. The lowest BCUT2D eigenvalue weighted by Gasteiger charge is -2.34. The molecule has 2 aromatic rings. The number of aliphatic imine (C=N–C) groups is 1. The van der Waals surface area contributed by atoms with Gasteiger partial charge in [0.05, 0.1) is 18.2 Å². The molecule has 0 radical (unpaired) electrons. The first-order valence-electron chi connectivity index (χ1n) is 9.72. The molecule has 0 saturated carbocycles. The Bertz CT molecular complexity index is 839. The van der Waals surface area contributed by atoms with Gasteiger partial charge in [0.25, 0.3) is 0 Å². The maximum Gasteiger partial charge on any atom is 0.191 e. The Morgan fingerprint density at radius 2 is 1.93 bits per heavy atom. The summed E-state index contributed by atoms with van der Waals surface area (Å²) in [6.45, 7) is 5.17. The molecule has 0 unspecified atom stereocenters. The van der Waals surface area contributed by atoms with Gasteiger partial charge in [-0.05, 0) is 55.7 Å². The predicted octanol–water partition coefficient (Wildman–Crippen LogP) is 4.04. The number of benzene rings is 2. The summed E-state index contributed by atoms with van der Waals surface area (Å²) in [5.74, 6) is 0.609. The van der Waals surface area contributed by atoms with Crippen molar-refractivity contribution in [3.8, 4) is 6.07 Å². The first-order valence-corrected chi connectivity index (χ1v) is 9.72. The van der Waals surface area contributed by atoms with Crippen LogP contribution in [0.1, 0.15) is 30.9 Å². The molecular formula is C22H27FIN5. The van der Waals surface area contributed by atoms with Crippen LogP contribution in [-0.4, -0.2) is 31.6 Å². The molecule has 1 aliphatic rings. The van der Waals surface area contributed by atoms with Gasteiger partial charge in [0.1, 0.15) is 5.82 Å². The van der Waals surface area contributed by atoms with Crippen LogP contribution in [0.4, 0.5) is 10.1 Å². The van der Waals surface area contributed by atoms with Gasteiger partial charge in [0.2, 0.25) is 0 Å². The number of nitriles is 1. The molecule has 0 aromatic heterocycles. The highest BCUT2D eigenvalue weighted by molar-refractivity contribution is 14.0. The molecule has 2 aromatic carbocycles. The molecule has 5 nitrogen and oxygen atoms in total. The number of rotatable bonds is 5. The number of hydrogen-bond donors (Lipinski definition) is 2. The van der Waals surface area contributed by atoms with Gasteiger partial charge in [0, 0.05) is 31.4 Å². The van der Waals surface area contributed by atoms with E-state index in [4.69, 9.17) is 5.26 Å². The molecule has 0 atom stereocenters. The molecule has 2 N–H and O–H groups in total. The van der Waals surface area contributed by atoms with Gasteiger partial charge in [0.15, 0.2) is 5.96 Å². The maximum absolute atomic E-state index is 13.4. The average Bonchev–Trinajstić information content (AvgIpc) is 2.73. The highest BCUT2D eigenvalue weighted by atomic mass is 127. The Hall–Kier alpha value is -2.34. The Morgan fingerprint density at radius 1 is 1.21 bits per heavy atom. The van der Waals surface area contributed by atoms with E-state index in [2.05, 4.69) is 26.6 Å². The molecule has 0 spiro atoms. The van der Waals surface area contributed by atoms with Crippen LogP contribution >= 0.6 is 24.0 Å². The van der Waals surface area contributed by atoms with E-state index in [1.54, 1.807) is 12.1 Å². The number of piperidine rings is 1. The summed E-state index contributed by atoms with van der Waals surface area (Å²) in [4.78, 5) is 6.89. The molecule has 1 fully saturated rings. The van der Waals surface area contributed by atoms with Crippen molar-refractivity contribution >= 4 is 35.6 Å². The van der Waals surface area contributed by atoms with Gasteiger partial charge in [-0.25, -0.2) is 9.38 Å². The van der Waals surface area contributed by atoms with Gasteiger partial charge in [-0.3, -0.25) is 0 Å². The Morgan fingerprint density at radius 3 is 2.55 bits per heavy atom. The lowest BCUT2D eigenvalue weighted by molar-refractivity contribution is 0.461. The molecule has 3 rings (SSSR count). The van der Waals surface area contributed by atoms with E-state index in [0.29, 0.717) is 18.2 Å². The third kappa shape index (κ3) is 6.89. The zero-order valence-corrected chi connectivity index (χ0v) is 18.9. The van der Waals surface area contributed by atoms with Gasteiger partial charge in [-0.2, -0.15) is 5.26 Å². The number of nitrogens with zero attached hydrogens (tertiary/aromatic N) is 3. The summed E-state index contributed by atoms with van der Waals surface area (Å²) in [5, 5.41) is 15.7. The first-order chi connectivity index (χ1) is 13.7. The normalized spacial score (nSPS) is 14.7. The number of hydrogen-bond acceptors (Lipinski definition) is 3. The van der Waals surface area contributed by atoms with E-state index in [0.717, 1.165) is 49.7 Å². The third-order valence-electron chi connectivity index (χ3n) is 4.86. The van der Waals surface area contributed by atoms with Gasteiger partial charge in [-0.1, -0.05) is 18.2 Å². The molecule has 154 valence electrons. The lowest BCUT2D eigenvalue weighted by Crippen LogP contribution is -2.48. The van der Waals surface area contributed by atoms with Crippen molar-refractivity contribution in [2.45, 2.75) is 32.4 Å². The van der Waals surface area contributed by atoms with Crippen molar-refractivity contribution in [2.75, 3.05) is 24.5 Å². The zero-order valence-electron chi connectivity index (χ0n) is 16.6. The zero-order chi connectivity index (χ0) is 19.8. The van der Waals surface area contributed by atoms with E-state index >= 15 is 0 Å². The van der Waals surface area contributed by atoms with Crippen LogP contribution in [0.15, 0.2) is 53.5 Å². The van der Waals surface area contributed by atoms with Crippen molar-refractivity contribution in [3.05, 3.63) is 65.5 Å². The first kappa shape index (κ1) is 22.9.